The fourth-order valence-corrected chi connectivity index (χ4v) is 4.81. The number of aliphatic hydroxyl groups is 3. The lowest BCUT2D eigenvalue weighted by molar-refractivity contribution is -0.140. The number of nitrogens with zero attached hydrogens (tertiary/aromatic N) is 2. The van der Waals surface area contributed by atoms with Gasteiger partial charge in [0.15, 0.2) is 12.2 Å². The second kappa shape index (κ2) is 13.5. The van der Waals surface area contributed by atoms with Crippen molar-refractivity contribution in [1.82, 2.24) is 21.3 Å². The van der Waals surface area contributed by atoms with E-state index in [0.29, 0.717) is 17.3 Å². The van der Waals surface area contributed by atoms with E-state index in [-0.39, 0.29) is 40.5 Å². The Hall–Kier alpha value is -4.39. The number of benzene rings is 2. The van der Waals surface area contributed by atoms with Gasteiger partial charge in [-0.3, -0.25) is 25.2 Å². The Balaban J connectivity index is 1.31. The van der Waals surface area contributed by atoms with Crippen molar-refractivity contribution in [3.8, 4) is 5.75 Å². The van der Waals surface area contributed by atoms with Crippen LogP contribution in [0, 0.1) is 0 Å². The number of amides is 1. The number of guanidine groups is 1. The number of carbonyl (C=O) groups excluding carboxylic acids is 1. The van der Waals surface area contributed by atoms with E-state index in [1.165, 1.54) is 24.3 Å². The van der Waals surface area contributed by atoms with Gasteiger partial charge in [-0.1, -0.05) is 18.2 Å². The highest BCUT2D eigenvalue weighted by atomic mass is 32.2. The van der Waals surface area contributed by atoms with Crippen molar-refractivity contribution in [1.29, 1.82) is 0 Å². The molecule has 0 aromatic heterocycles. The van der Waals surface area contributed by atoms with Gasteiger partial charge >= 0.3 is 5.97 Å². The number of anilines is 1. The van der Waals surface area contributed by atoms with Crippen molar-refractivity contribution >= 4 is 50.1 Å². The summed E-state index contributed by atoms with van der Waals surface area (Å²) in [5, 5.41) is 63.3. The molecule has 2 aliphatic heterocycles. The van der Waals surface area contributed by atoms with Crippen LogP contribution in [-0.2, 0) is 19.9 Å². The van der Waals surface area contributed by atoms with Crippen molar-refractivity contribution in [2.24, 2.45) is 9.98 Å². The van der Waals surface area contributed by atoms with Gasteiger partial charge in [0.1, 0.15) is 28.6 Å². The largest absolute Gasteiger partial charge is 0.508 e. The first-order valence-corrected chi connectivity index (χ1v) is 13.7. The number of carbonyl (C=O) groups is 2. The summed E-state index contributed by atoms with van der Waals surface area (Å²) >= 11 is 0. The molecule has 4 rings (SSSR count). The molecule has 17 heteroatoms. The number of nitrogens with one attached hydrogen (secondary N) is 5. The number of fused-ring (bicyclic) bond motifs is 1. The quantitative estimate of drug-likeness (QED) is 0.0933. The predicted molar refractivity (Wildman–Crippen MR) is 151 cm³/mol. The predicted octanol–water partition coefficient (Wildman–Crippen LogP) is -2.63. The molecule has 0 bridgehead atoms. The van der Waals surface area contributed by atoms with E-state index < -0.39 is 59.9 Å². The highest BCUT2D eigenvalue weighted by Crippen LogP contribution is 2.27. The molecule has 3 unspecified atom stereocenters. The van der Waals surface area contributed by atoms with Crippen LogP contribution in [0.25, 0.3) is 0 Å². The van der Waals surface area contributed by atoms with Gasteiger partial charge in [-0.25, -0.2) is 4.99 Å². The van der Waals surface area contributed by atoms with Gasteiger partial charge in [-0.2, -0.15) is 8.42 Å². The Morgan fingerprint density at radius 2 is 1.88 bits per heavy atom. The van der Waals surface area contributed by atoms with Gasteiger partial charge in [0.05, 0.1) is 24.9 Å². The summed E-state index contributed by atoms with van der Waals surface area (Å²) in [5.41, 5.74) is 0.863. The third kappa shape index (κ3) is 7.66. The fourth-order valence-electron chi connectivity index (χ4n) is 4.13. The highest BCUT2D eigenvalue weighted by Gasteiger charge is 2.32. The minimum Gasteiger partial charge on any atom is -0.508 e. The summed E-state index contributed by atoms with van der Waals surface area (Å²) in [6.45, 7) is -0.461. The molecule has 16 nitrogen and oxygen atoms in total. The number of hydrogen-bond acceptors (Lipinski definition) is 14. The lowest BCUT2D eigenvalue weighted by atomic mass is 10.1. The Morgan fingerprint density at radius 3 is 2.57 bits per heavy atom. The van der Waals surface area contributed by atoms with Crippen LogP contribution in [0.5, 0.6) is 5.75 Å². The second-order valence-corrected chi connectivity index (χ2v) is 10.2. The number of hydrogen-bond donors (Lipinski definition) is 10. The first kappa shape index (κ1) is 30.6. The zero-order chi connectivity index (χ0) is 30.4. The number of phenolic OH excluding ortho intramolecular Hbond substituents is 1. The van der Waals surface area contributed by atoms with E-state index in [2.05, 4.69) is 36.6 Å². The molecule has 2 aromatic rings. The lowest BCUT2D eigenvalue weighted by Crippen LogP contribution is -2.54. The number of aliphatic carboxylic acids is 1. The lowest BCUT2D eigenvalue weighted by Gasteiger charge is -2.21. The summed E-state index contributed by atoms with van der Waals surface area (Å²) < 4.78 is 23.6. The van der Waals surface area contributed by atoms with Gasteiger partial charge in [0, 0.05) is 36.0 Å². The standard InChI is InChI=1S/C25H29N7O9S/c33-14-6-12(5-13(7-14)30-25-28-8-15(34)9-29-25)22(36)27-11-19(35)26-10-18(24(38)39)32-23(37)20-21(42(40)41)16-3-1-2-4-17(16)31-20/h1-7,15,18,22-23,27,32-34,36-37H,8-11H2,(H,26,35)(H,38,39)(H2,28,29,30)/t18-,22?,23?/m0/s1. The van der Waals surface area contributed by atoms with Crippen molar-refractivity contribution in [2.75, 3.05) is 31.5 Å². The molecular formula is C25H29N7O9S. The summed E-state index contributed by atoms with van der Waals surface area (Å²) in [6, 6.07) is 8.90. The van der Waals surface area contributed by atoms with Gasteiger partial charge in [0.25, 0.3) is 0 Å². The number of phenols is 1. The molecule has 10 N–H and O–H groups in total. The van der Waals surface area contributed by atoms with Crippen molar-refractivity contribution in [3.63, 3.8) is 0 Å². The summed E-state index contributed by atoms with van der Waals surface area (Å²) in [5.74, 6) is -1.95. The third-order valence-corrected chi connectivity index (χ3v) is 6.91. The molecule has 0 fully saturated rings. The minimum atomic E-state index is -2.77. The molecule has 0 aliphatic carbocycles. The zero-order valence-corrected chi connectivity index (χ0v) is 22.7. The van der Waals surface area contributed by atoms with E-state index >= 15 is 0 Å². The van der Waals surface area contributed by atoms with Crippen LogP contribution >= 0.6 is 0 Å². The van der Waals surface area contributed by atoms with Crippen LogP contribution in [0.2, 0.25) is 0 Å². The van der Waals surface area contributed by atoms with Crippen LogP contribution in [0.15, 0.2) is 52.4 Å². The SMILES string of the molecule is O=C(CNC(O)c1cc(O)cc(NC2=NCC(O)CN2)c1)NC[C@H](NC(O)C1=Nc2ccccc2C1=S(=O)=O)C(=O)O. The Kier molecular flexibility index (Phi) is 9.84. The molecule has 224 valence electrons. The van der Waals surface area contributed by atoms with E-state index in [1.54, 1.807) is 18.2 Å². The van der Waals surface area contributed by atoms with Crippen molar-refractivity contribution in [2.45, 2.75) is 24.6 Å². The molecule has 2 aromatic carbocycles. The van der Waals surface area contributed by atoms with Crippen molar-refractivity contribution in [3.05, 3.63) is 53.6 Å². The van der Waals surface area contributed by atoms with Gasteiger partial charge < -0.3 is 41.5 Å². The molecule has 0 saturated heterocycles. The normalized spacial score (nSPS) is 18.1. The van der Waals surface area contributed by atoms with Crippen molar-refractivity contribution < 1.29 is 43.5 Å². The monoisotopic (exact) mass is 603 g/mol. The van der Waals surface area contributed by atoms with Crippen LogP contribution < -0.4 is 26.6 Å². The maximum Gasteiger partial charge on any atom is 0.322 e. The number of carboxylic acid groups (broad SMARTS) is 1. The molecule has 42 heavy (non-hydrogen) atoms. The Morgan fingerprint density at radius 1 is 1.12 bits per heavy atom. The Labute approximate surface area is 240 Å². The number of carboxylic acids is 1. The summed E-state index contributed by atoms with van der Waals surface area (Å²) in [7, 11) is -2.77. The molecule has 0 saturated carbocycles. The van der Waals surface area contributed by atoms with Gasteiger partial charge in [0.2, 0.25) is 16.2 Å². The maximum absolute atomic E-state index is 12.4. The number of aromatic hydroxyl groups is 1. The number of aliphatic hydroxyl groups excluding tert-OH is 3. The van der Waals surface area contributed by atoms with Gasteiger partial charge in [-0.05, 0) is 18.2 Å². The molecule has 0 radical (unpaired) electrons. The highest BCUT2D eigenvalue weighted by molar-refractivity contribution is 7.75. The molecule has 2 heterocycles. The minimum absolute atomic E-state index is 0.179. The number of para-hydroxylation sites is 1. The molecule has 4 atom stereocenters. The Bertz CT molecular complexity index is 1550. The van der Waals surface area contributed by atoms with E-state index in [4.69, 9.17) is 0 Å². The van der Waals surface area contributed by atoms with E-state index in [9.17, 15) is 43.5 Å². The van der Waals surface area contributed by atoms with Crippen LogP contribution in [0.1, 0.15) is 17.4 Å². The number of rotatable bonds is 11. The second-order valence-electron chi connectivity index (χ2n) is 9.29. The molecular weight excluding hydrogens is 574 g/mol. The van der Waals surface area contributed by atoms with E-state index in [1.807, 2.05) is 0 Å². The average Bonchev–Trinajstić information content (AvgIpc) is 3.35. The van der Waals surface area contributed by atoms with Crippen LogP contribution in [0.4, 0.5) is 11.4 Å². The van der Waals surface area contributed by atoms with Crippen LogP contribution in [-0.4, -0.2) is 107 Å². The average molecular weight is 604 g/mol. The van der Waals surface area contributed by atoms with E-state index in [0.717, 1.165) is 0 Å². The third-order valence-electron chi connectivity index (χ3n) is 6.15. The molecule has 0 spiro atoms. The molecule has 2 aliphatic rings. The first-order valence-electron chi connectivity index (χ1n) is 12.6. The van der Waals surface area contributed by atoms with Gasteiger partial charge in [-0.15, -0.1) is 0 Å². The fraction of sp³-hybridized carbons (Fsp3) is 0.320. The van der Waals surface area contributed by atoms with Crippen LogP contribution in [0.3, 0.4) is 0 Å². The smallest absolute Gasteiger partial charge is 0.322 e. The molecule has 1 amide bonds. The first-order chi connectivity index (χ1) is 20.0. The number of aliphatic imine (C=N–C) groups is 2. The summed E-state index contributed by atoms with van der Waals surface area (Å²) in [4.78, 5) is 32.1. The topological polar surface area (TPSA) is 254 Å². The maximum atomic E-state index is 12.4. The summed E-state index contributed by atoms with van der Waals surface area (Å²) in [6.07, 6.45) is -3.79. The zero-order valence-electron chi connectivity index (χ0n) is 21.9. The number of β-amino-alcohol motifs (C(OH)–C–C–N with tert-alkyl or cyclic N) is 1.